The number of amides is 1. The predicted octanol–water partition coefficient (Wildman–Crippen LogP) is 4.52. The Kier molecular flexibility index (Phi) is 4.09. The van der Waals surface area contributed by atoms with Crippen LogP contribution >= 0.6 is 0 Å². The lowest BCUT2D eigenvalue weighted by Crippen LogP contribution is -2.43. The van der Waals surface area contributed by atoms with E-state index < -0.39 is 0 Å². The van der Waals surface area contributed by atoms with Crippen molar-refractivity contribution in [1.82, 2.24) is 0 Å². The van der Waals surface area contributed by atoms with Gasteiger partial charge in [0.2, 0.25) is 0 Å². The maximum absolute atomic E-state index is 13.3. The van der Waals surface area contributed by atoms with Crippen LogP contribution in [0.2, 0.25) is 0 Å². The lowest BCUT2D eigenvalue weighted by Gasteiger charge is -2.38. The van der Waals surface area contributed by atoms with Gasteiger partial charge in [-0.05, 0) is 42.0 Å². The van der Waals surface area contributed by atoms with E-state index in [9.17, 15) is 4.79 Å². The van der Waals surface area contributed by atoms with Gasteiger partial charge in [0.1, 0.15) is 6.17 Å². The SMILES string of the molecule is CN(C)c1ccc([C@@H]2Nc3ccccc3C(=O)N2c2ccccc2)cc1. The molecule has 26 heavy (non-hydrogen) atoms. The first-order valence-corrected chi connectivity index (χ1v) is 8.66. The number of rotatable bonds is 3. The largest absolute Gasteiger partial charge is 0.378 e. The van der Waals surface area contributed by atoms with Gasteiger partial charge in [0.15, 0.2) is 0 Å². The molecule has 0 aromatic heterocycles. The maximum Gasteiger partial charge on any atom is 0.262 e. The van der Waals surface area contributed by atoms with Gasteiger partial charge in [-0.15, -0.1) is 0 Å². The van der Waals surface area contributed by atoms with Gasteiger partial charge in [-0.2, -0.15) is 0 Å². The first-order chi connectivity index (χ1) is 12.6. The highest BCUT2D eigenvalue weighted by atomic mass is 16.2. The van der Waals surface area contributed by atoms with Gasteiger partial charge in [-0.1, -0.05) is 42.5 Å². The summed E-state index contributed by atoms with van der Waals surface area (Å²) in [6.07, 6.45) is -0.254. The number of anilines is 3. The Balaban J connectivity index is 1.81. The van der Waals surface area contributed by atoms with Crippen molar-refractivity contribution in [1.29, 1.82) is 0 Å². The van der Waals surface area contributed by atoms with Gasteiger partial charge in [0, 0.05) is 31.2 Å². The smallest absolute Gasteiger partial charge is 0.262 e. The highest BCUT2D eigenvalue weighted by Crippen LogP contribution is 2.36. The highest BCUT2D eigenvalue weighted by molar-refractivity contribution is 6.12. The minimum absolute atomic E-state index is 0.00670. The molecule has 1 N–H and O–H groups in total. The molecule has 4 rings (SSSR count). The molecule has 3 aromatic rings. The molecule has 4 heteroatoms. The molecule has 1 amide bonds. The second-order valence-corrected chi connectivity index (χ2v) is 6.59. The van der Waals surface area contributed by atoms with Crippen LogP contribution in [0.15, 0.2) is 78.9 Å². The number of carbonyl (C=O) groups excluding carboxylic acids is 1. The van der Waals surface area contributed by atoms with Gasteiger partial charge in [-0.3, -0.25) is 9.69 Å². The fourth-order valence-electron chi connectivity index (χ4n) is 3.30. The molecule has 3 aromatic carbocycles. The summed E-state index contributed by atoms with van der Waals surface area (Å²) in [7, 11) is 4.04. The molecule has 0 radical (unpaired) electrons. The van der Waals surface area contributed by atoms with E-state index in [2.05, 4.69) is 34.5 Å². The fourth-order valence-corrected chi connectivity index (χ4v) is 3.30. The molecule has 4 nitrogen and oxygen atoms in total. The van der Waals surface area contributed by atoms with Crippen molar-refractivity contribution in [2.45, 2.75) is 6.17 Å². The van der Waals surface area contributed by atoms with Crippen molar-refractivity contribution >= 4 is 23.0 Å². The van der Waals surface area contributed by atoms with Crippen LogP contribution in [0, 0.1) is 0 Å². The molecule has 0 saturated carbocycles. The van der Waals surface area contributed by atoms with Gasteiger partial charge in [-0.25, -0.2) is 0 Å². The molecule has 0 aliphatic carbocycles. The third-order valence-electron chi connectivity index (χ3n) is 4.69. The fraction of sp³-hybridized carbons (Fsp3) is 0.136. The van der Waals surface area contributed by atoms with Gasteiger partial charge in [0.25, 0.3) is 5.91 Å². The minimum atomic E-state index is -0.254. The van der Waals surface area contributed by atoms with Crippen molar-refractivity contribution in [2.75, 3.05) is 29.2 Å². The van der Waals surface area contributed by atoms with Crippen LogP contribution in [0.25, 0.3) is 0 Å². The van der Waals surface area contributed by atoms with Crippen LogP contribution in [0.4, 0.5) is 17.1 Å². The topological polar surface area (TPSA) is 35.6 Å². The average molecular weight is 343 g/mol. The zero-order chi connectivity index (χ0) is 18.1. The number of hydrogen-bond donors (Lipinski definition) is 1. The van der Waals surface area contributed by atoms with E-state index >= 15 is 0 Å². The molecule has 1 aliphatic rings. The number of benzene rings is 3. The molecule has 1 aliphatic heterocycles. The first-order valence-electron chi connectivity index (χ1n) is 8.66. The van der Waals surface area contributed by atoms with E-state index in [4.69, 9.17) is 0 Å². The number of para-hydroxylation sites is 2. The lowest BCUT2D eigenvalue weighted by atomic mass is 10.0. The van der Waals surface area contributed by atoms with Crippen molar-refractivity contribution in [2.24, 2.45) is 0 Å². The minimum Gasteiger partial charge on any atom is -0.378 e. The quantitative estimate of drug-likeness (QED) is 0.759. The van der Waals surface area contributed by atoms with E-state index in [1.807, 2.05) is 73.6 Å². The van der Waals surface area contributed by atoms with E-state index in [0.29, 0.717) is 5.56 Å². The summed E-state index contributed by atoms with van der Waals surface area (Å²) >= 11 is 0. The molecule has 0 saturated heterocycles. The summed E-state index contributed by atoms with van der Waals surface area (Å²) in [5, 5.41) is 3.53. The molecule has 1 heterocycles. The normalized spacial score (nSPS) is 16.0. The Labute approximate surface area is 153 Å². The molecular weight excluding hydrogens is 322 g/mol. The van der Waals surface area contributed by atoms with E-state index in [1.165, 1.54) is 0 Å². The van der Waals surface area contributed by atoms with Crippen LogP contribution < -0.4 is 15.1 Å². The number of fused-ring (bicyclic) bond motifs is 1. The van der Waals surface area contributed by atoms with Crippen molar-refractivity contribution in [3.05, 3.63) is 90.0 Å². The molecule has 0 unspecified atom stereocenters. The number of nitrogens with zero attached hydrogens (tertiary/aromatic N) is 2. The molecular formula is C22H21N3O. The summed E-state index contributed by atoms with van der Waals surface area (Å²) in [5.74, 6) is 0.00670. The summed E-state index contributed by atoms with van der Waals surface area (Å²) in [5.41, 5.74) is 4.61. The monoisotopic (exact) mass is 343 g/mol. The maximum atomic E-state index is 13.3. The second kappa shape index (κ2) is 6.56. The molecule has 130 valence electrons. The van der Waals surface area contributed by atoms with Gasteiger partial charge in [0.05, 0.1) is 5.56 Å². The average Bonchev–Trinajstić information content (AvgIpc) is 2.68. The lowest BCUT2D eigenvalue weighted by molar-refractivity contribution is 0.0975. The summed E-state index contributed by atoms with van der Waals surface area (Å²) in [6, 6.07) is 25.8. The number of nitrogens with one attached hydrogen (secondary N) is 1. The Morgan fingerprint density at radius 2 is 1.50 bits per heavy atom. The summed E-state index contributed by atoms with van der Waals surface area (Å²) in [6.45, 7) is 0. The Bertz CT molecular complexity index is 920. The number of carbonyl (C=O) groups is 1. The van der Waals surface area contributed by atoms with Crippen molar-refractivity contribution in [3.63, 3.8) is 0 Å². The van der Waals surface area contributed by atoms with Crippen LogP contribution in [-0.2, 0) is 0 Å². The molecule has 0 bridgehead atoms. The predicted molar refractivity (Wildman–Crippen MR) is 107 cm³/mol. The van der Waals surface area contributed by atoms with E-state index in [0.717, 1.165) is 22.6 Å². The number of hydrogen-bond acceptors (Lipinski definition) is 3. The van der Waals surface area contributed by atoms with Crippen molar-refractivity contribution in [3.8, 4) is 0 Å². The third kappa shape index (κ3) is 2.80. The first kappa shape index (κ1) is 16.2. The van der Waals surface area contributed by atoms with E-state index in [-0.39, 0.29) is 12.1 Å². The van der Waals surface area contributed by atoms with E-state index in [1.54, 1.807) is 0 Å². The highest BCUT2D eigenvalue weighted by Gasteiger charge is 2.33. The Hall–Kier alpha value is -3.27. The molecule has 1 atom stereocenters. The van der Waals surface area contributed by atoms with Crippen LogP contribution in [0.1, 0.15) is 22.1 Å². The van der Waals surface area contributed by atoms with Crippen LogP contribution in [0.5, 0.6) is 0 Å². The zero-order valence-electron chi connectivity index (χ0n) is 14.9. The Morgan fingerprint density at radius 3 is 2.19 bits per heavy atom. The second-order valence-electron chi connectivity index (χ2n) is 6.59. The summed E-state index contributed by atoms with van der Waals surface area (Å²) in [4.78, 5) is 17.1. The van der Waals surface area contributed by atoms with Gasteiger partial charge < -0.3 is 10.2 Å². The zero-order valence-corrected chi connectivity index (χ0v) is 14.9. The molecule has 0 spiro atoms. The Morgan fingerprint density at radius 1 is 0.846 bits per heavy atom. The van der Waals surface area contributed by atoms with Crippen LogP contribution in [-0.4, -0.2) is 20.0 Å². The third-order valence-corrected chi connectivity index (χ3v) is 4.69. The van der Waals surface area contributed by atoms with Crippen LogP contribution in [0.3, 0.4) is 0 Å². The molecule has 0 fully saturated rings. The standard InChI is InChI=1S/C22H21N3O/c1-24(2)17-14-12-16(13-15-17)21-23-20-11-7-6-10-19(20)22(26)25(21)18-8-4-3-5-9-18/h3-15,21,23H,1-2H3/t21-/m1/s1. The summed E-state index contributed by atoms with van der Waals surface area (Å²) < 4.78 is 0. The van der Waals surface area contributed by atoms with Gasteiger partial charge >= 0.3 is 0 Å². The van der Waals surface area contributed by atoms with Crippen molar-refractivity contribution < 1.29 is 4.79 Å².